The molecular formula is C27H30F3N5O2S. The molecule has 0 unspecified atom stereocenters. The molecule has 0 saturated carbocycles. The third-order valence-electron chi connectivity index (χ3n) is 6.39. The fourth-order valence-corrected chi connectivity index (χ4v) is 4.87. The topological polar surface area (TPSA) is 61.8 Å². The van der Waals surface area contributed by atoms with Crippen molar-refractivity contribution >= 4 is 29.2 Å². The summed E-state index contributed by atoms with van der Waals surface area (Å²) in [6.45, 7) is 4.81. The number of halogens is 3. The molecule has 1 fully saturated rings. The Balaban J connectivity index is 1.48. The van der Waals surface area contributed by atoms with Crippen LogP contribution in [0.2, 0.25) is 0 Å². The molecule has 11 heteroatoms. The van der Waals surface area contributed by atoms with Crippen LogP contribution in [-0.4, -0.2) is 67.7 Å². The van der Waals surface area contributed by atoms with E-state index < -0.39 is 11.9 Å². The number of aromatic nitrogens is 2. The van der Waals surface area contributed by atoms with Gasteiger partial charge in [-0.05, 0) is 48.9 Å². The van der Waals surface area contributed by atoms with Crippen molar-refractivity contribution < 1.29 is 22.7 Å². The summed E-state index contributed by atoms with van der Waals surface area (Å²) in [6, 6.07) is 15.8. The Morgan fingerprint density at radius 1 is 1.03 bits per heavy atom. The molecule has 1 aliphatic heterocycles. The summed E-state index contributed by atoms with van der Waals surface area (Å²) in [5, 5.41) is 0.0508. The van der Waals surface area contributed by atoms with Gasteiger partial charge in [0.05, 0.1) is 7.11 Å². The van der Waals surface area contributed by atoms with Gasteiger partial charge in [-0.2, -0.15) is 13.2 Å². The van der Waals surface area contributed by atoms with Crippen LogP contribution in [0.4, 0.5) is 24.7 Å². The molecule has 2 heterocycles. The molecule has 3 aromatic rings. The molecule has 0 atom stereocenters. The Morgan fingerprint density at radius 2 is 1.71 bits per heavy atom. The molecule has 7 nitrogen and oxygen atoms in total. The number of benzene rings is 2. The van der Waals surface area contributed by atoms with Crippen LogP contribution in [0, 0.1) is 0 Å². The molecule has 0 bridgehead atoms. The van der Waals surface area contributed by atoms with E-state index in [-0.39, 0.29) is 16.9 Å². The van der Waals surface area contributed by atoms with Gasteiger partial charge in [0.1, 0.15) is 11.6 Å². The molecule has 38 heavy (non-hydrogen) atoms. The van der Waals surface area contributed by atoms with Gasteiger partial charge in [0.25, 0.3) is 5.91 Å². The second-order valence-electron chi connectivity index (χ2n) is 8.87. The molecule has 0 N–H and O–H groups in total. The van der Waals surface area contributed by atoms with Crippen LogP contribution in [0.3, 0.4) is 0 Å². The highest BCUT2D eigenvalue weighted by Crippen LogP contribution is 2.33. The summed E-state index contributed by atoms with van der Waals surface area (Å²) in [5.74, 6) is 1.26. The Hall–Kier alpha value is -3.47. The van der Waals surface area contributed by atoms with E-state index in [1.165, 1.54) is 0 Å². The monoisotopic (exact) mass is 545 g/mol. The number of anilines is 2. The van der Waals surface area contributed by atoms with Crippen molar-refractivity contribution in [1.29, 1.82) is 0 Å². The minimum atomic E-state index is -4.59. The first-order chi connectivity index (χ1) is 18.2. The van der Waals surface area contributed by atoms with Crippen molar-refractivity contribution in [2.45, 2.75) is 24.0 Å². The fraction of sp³-hybridized carbons (Fsp3) is 0.370. The van der Waals surface area contributed by atoms with Gasteiger partial charge < -0.3 is 19.4 Å². The van der Waals surface area contributed by atoms with Crippen molar-refractivity contribution in [3.05, 3.63) is 71.4 Å². The number of rotatable bonds is 8. The number of hydrogen-bond donors (Lipinski definition) is 0. The average Bonchev–Trinajstić information content (AvgIpc) is 2.95. The van der Waals surface area contributed by atoms with Crippen LogP contribution in [-0.2, 0) is 11.9 Å². The number of piperazine rings is 1. The molecule has 0 spiro atoms. The molecule has 202 valence electrons. The molecular weight excluding hydrogens is 515 g/mol. The number of ether oxygens (including phenoxy) is 1. The zero-order valence-corrected chi connectivity index (χ0v) is 22.3. The second kappa shape index (κ2) is 11.9. The lowest BCUT2D eigenvalue weighted by Gasteiger charge is -2.37. The minimum Gasteiger partial charge on any atom is -0.497 e. The number of hydrogen-bond acceptors (Lipinski definition) is 7. The highest BCUT2D eigenvalue weighted by Gasteiger charge is 2.34. The number of thioether (sulfide) groups is 1. The Kier molecular flexibility index (Phi) is 8.65. The van der Waals surface area contributed by atoms with Crippen molar-refractivity contribution in [2.75, 3.05) is 56.7 Å². The van der Waals surface area contributed by atoms with Gasteiger partial charge in [0.15, 0.2) is 10.9 Å². The van der Waals surface area contributed by atoms with E-state index in [4.69, 9.17) is 4.74 Å². The van der Waals surface area contributed by atoms with Crippen LogP contribution in [0.1, 0.15) is 28.5 Å². The van der Waals surface area contributed by atoms with Gasteiger partial charge in [0, 0.05) is 62.8 Å². The largest absolute Gasteiger partial charge is 0.497 e. The number of carbonyl (C=O) groups excluding carboxylic acids is 1. The summed E-state index contributed by atoms with van der Waals surface area (Å²) in [6.07, 6.45) is -4.59. The van der Waals surface area contributed by atoms with E-state index in [2.05, 4.69) is 14.9 Å². The van der Waals surface area contributed by atoms with Gasteiger partial charge >= 0.3 is 6.18 Å². The van der Waals surface area contributed by atoms with Gasteiger partial charge in [-0.1, -0.05) is 23.9 Å². The highest BCUT2D eigenvalue weighted by atomic mass is 32.2. The maximum absolute atomic E-state index is 13.7. The van der Waals surface area contributed by atoms with E-state index in [0.29, 0.717) is 44.0 Å². The number of alkyl halides is 3. The first-order valence-corrected chi connectivity index (χ1v) is 13.2. The Bertz CT molecular complexity index is 1250. The first-order valence-electron chi connectivity index (χ1n) is 12.3. The lowest BCUT2D eigenvalue weighted by atomic mass is 10.1. The third-order valence-corrected chi connectivity index (χ3v) is 7.31. The zero-order chi connectivity index (χ0) is 27.3. The minimum absolute atomic E-state index is 0.0508. The van der Waals surface area contributed by atoms with E-state index in [1.807, 2.05) is 42.2 Å². The number of carbonyl (C=O) groups is 1. The van der Waals surface area contributed by atoms with Crippen molar-refractivity contribution in [3.63, 3.8) is 0 Å². The zero-order valence-electron chi connectivity index (χ0n) is 21.5. The van der Waals surface area contributed by atoms with E-state index in [1.54, 1.807) is 37.3 Å². The van der Waals surface area contributed by atoms with Gasteiger partial charge in [-0.25, -0.2) is 9.97 Å². The molecule has 0 aliphatic carbocycles. The summed E-state index contributed by atoms with van der Waals surface area (Å²) in [7, 11) is 3.33. The van der Waals surface area contributed by atoms with Crippen molar-refractivity contribution in [3.8, 4) is 5.75 Å². The third kappa shape index (κ3) is 6.69. The standard InChI is InChI=1S/C27H30F3N5O2S/c1-4-33(2)25(36)20-7-5-6-19(16-20)18-38-26-31-23(27(28,29)30)17-24(32-26)35-14-12-34(13-15-35)21-8-10-22(37-3)11-9-21/h5-11,16-17H,4,12-15,18H2,1-3H3. The Morgan fingerprint density at radius 3 is 2.34 bits per heavy atom. The molecule has 0 radical (unpaired) electrons. The Labute approximate surface area is 224 Å². The molecule has 2 aromatic carbocycles. The van der Waals surface area contributed by atoms with Crippen LogP contribution < -0.4 is 14.5 Å². The molecule has 1 amide bonds. The molecule has 1 saturated heterocycles. The van der Waals surface area contributed by atoms with Gasteiger partial charge in [-0.3, -0.25) is 4.79 Å². The predicted molar refractivity (Wildman–Crippen MR) is 143 cm³/mol. The van der Waals surface area contributed by atoms with Crippen LogP contribution >= 0.6 is 11.8 Å². The summed E-state index contributed by atoms with van der Waals surface area (Å²) >= 11 is 1.12. The maximum Gasteiger partial charge on any atom is 0.433 e. The average molecular weight is 546 g/mol. The molecule has 1 aromatic heterocycles. The summed E-state index contributed by atoms with van der Waals surface area (Å²) in [5.41, 5.74) is 1.41. The van der Waals surface area contributed by atoms with Crippen LogP contribution in [0.25, 0.3) is 0 Å². The second-order valence-corrected chi connectivity index (χ2v) is 9.81. The van der Waals surface area contributed by atoms with E-state index in [0.717, 1.165) is 34.8 Å². The molecule has 1 aliphatic rings. The number of amides is 1. The normalized spacial score (nSPS) is 13.9. The predicted octanol–water partition coefficient (Wildman–Crippen LogP) is 5.21. The van der Waals surface area contributed by atoms with E-state index in [9.17, 15) is 18.0 Å². The molecule has 4 rings (SSSR count). The lowest BCUT2D eigenvalue weighted by Crippen LogP contribution is -2.47. The summed E-state index contributed by atoms with van der Waals surface area (Å²) < 4.78 is 46.3. The highest BCUT2D eigenvalue weighted by molar-refractivity contribution is 7.98. The maximum atomic E-state index is 13.7. The van der Waals surface area contributed by atoms with Gasteiger partial charge in [0.2, 0.25) is 0 Å². The summed E-state index contributed by atoms with van der Waals surface area (Å²) in [4.78, 5) is 26.4. The quantitative estimate of drug-likeness (QED) is 0.284. The lowest BCUT2D eigenvalue weighted by molar-refractivity contribution is -0.141. The van der Waals surface area contributed by atoms with Crippen molar-refractivity contribution in [2.24, 2.45) is 0 Å². The fourth-order valence-electron chi connectivity index (χ4n) is 4.08. The number of methoxy groups -OCH3 is 1. The van der Waals surface area contributed by atoms with Crippen molar-refractivity contribution in [1.82, 2.24) is 14.9 Å². The van der Waals surface area contributed by atoms with E-state index >= 15 is 0 Å². The van der Waals surface area contributed by atoms with Crippen LogP contribution in [0.5, 0.6) is 5.75 Å². The smallest absolute Gasteiger partial charge is 0.433 e. The number of nitrogens with zero attached hydrogens (tertiary/aromatic N) is 5. The van der Waals surface area contributed by atoms with Crippen LogP contribution in [0.15, 0.2) is 59.8 Å². The SMILES string of the molecule is CCN(C)C(=O)c1cccc(CSc2nc(N3CCN(c4ccc(OC)cc4)CC3)cc(C(F)(F)F)n2)c1. The van der Waals surface area contributed by atoms with Gasteiger partial charge in [-0.15, -0.1) is 0 Å². The first kappa shape index (κ1) is 27.6.